The Balaban J connectivity index is 2.43. The Labute approximate surface area is 120 Å². The number of nitrogens with two attached hydrogens (primary N) is 1. The molecule has 0 saturated carbocycles. The molecule has 0 radical (unpaired) electrons. The molecule has 0 aliphatic heterocycles. The van der Waals surface area contributed by atoms with Crippen molar-refractivity contribution in [1.82, 2.24) is 4.98 Å². The van der Waals surface area contributed by atoms with Crippen molar-refractivity contribution in [3.8, 4) is 0 Å². The number of nitrogens with zero attached hydrogens (tertiary/aromatic N) is 1. The van der Waals surface area contributed by atoms with Crippen LogP contribution in [0.25, 0.3) is 0 Å². The van der Waals surface area contributed by atoms with E-state index in [9.17, 15) is 12.8 Å². The molecule has 0 aliphatic rings. The normalized spacial score (nSPS) is 11.3. The number of hydrogen-bond acceptors (Lipinski definition) is 4. The number of sulfonamides is 1. The maximum atomic E-state index is 13.7. The van der Waals surface area contributed by atoms with Crippen molar-refractivity contribution in [2.75, 3.05) is 10.5 Å². The average molecular weight is 316 g/mol. The number of anilines is 2. The molecule has 0 aliphatic carbocycles. The van der Waals surface area contributed by atoms with E-state index in [1.165, 1.54) is 18.3 Å². The monoisotopic (exact) mass is 315 g/mol. The smallest absolute Gasteiger partial charge is 0.265 e. The molecule has 0 spiro atoms. The SMILES string of the molecule is Cc1ccc(NS(=O)(=O)c2cc(Cl)cnc2N)c(F)c1. The number of halogens is 2. The van der Waals surface area contributed by atoms with Crippen molar-refractivity contribution in [1.29, 1.82) is 0 Å². The number of nitrogens with one attached hydrogen (secondary N) is 1. The molecular formula is C12H11ClFN3O2S. The predicted octanol–water partition coefficient (Wildman–Crippen LogP) is 2.57. The van der Waals surface area contributed by atoms with Gasteiger partial charge in [0.1, 0.15) is 16.5 Å². The summed E-state index contributed by atoms with van der Waals surface area (Å²) in [7, 11) is -4.06. The quantitative estimate of drug-likeness (QED) is 0.911. The van der Waals surface area contributed by atoms with E-state index in [1.807, 2.05) is 0 Å². The van der Waals surface area contributed by atoms with E-state index in [1.54, 1.807) is 13.0 Å². The van der Waals surface area contributed by atoms with Gasteiger partial charge in [-0.3, -0.25) is 4.72 Å². The molecule has 20 heavy (non-hydrogen) atoms. The second-order valence-corrected chi connectivity index (χ2v) is 6.21. The van der Waals surface area contributed by atoms with Gasteiger partial charge in [0, 0.05) is 6.20 Å². The van der Waals surface area contributed by atoms with E-state index in [0.717, 1.165) is 6.07 Å². The minimum Gasteiger partial charge on any atom is -0.383 e. The van der Waals surface area contributed by atoms with Crippen LogP contribution in [0.1, 0.15) is 5.56 Å². The Morgan fingerprint density at radius 3 is 2.70 bits per heavy atom. The van der Waals surface area contributed by atoms with Crippen LogP contribution in [0.2, 0.25) is 5.02 Å². The van der Waals surface area contributed by atoms with E-state index in [-0.39, 0.29) is 21.4 Å². The highest BCUT2D eigenvalue weighted by Crippen LogP contribution is 2.24. The van der Waals surface area contributed by atoms with Gasteiger partial charge in [0.15, 0.2) is 0 Å². The molecule has 1 aromatic carbocycles. The molecule has 2 aromatic rings. The van der Waals surface area contributed by atoms with Gasteiger partial charge in [-0.05, 0) is 30.7 Å². The van der Waals surface area contributed by atoms with Crippen LogP contribution in [0.5, 0.6) is 0 Å². The number of rotatable bonds is 3. The lowest BCUT2D eigenvalue weighted by molar-refractivity contribution is 0.598. The molecule has 0 saturated heterocycles. The van der Waals surface area contributed by atoms with Gasteiger partial charge in [-0.2, -0.15) is 0 Å². The van der Waals surface area contributed by atoms with Crippen LogP contribution in [0.15, 0.2) is 35.4 Å². The second-order valence-electron chi connectivity index (χ2n) is 4.13. The highest BCUT2D eigenvalue weighted by Gasteiger charge is 2.20. The summed E-state index contributed by atoms with van der Waals surface area (Å²) >= 11 is 5.69. The van der Waals surface area contributed by atoms with Crippen LogP contribution in [-0.2, 0) is 10.0 Å². The molecule has 1 aromatic heterocycles. The van der Waals surface area contributed by atoms with E-state index in [4.69, 9.17) is 17.3 Å². The van der Waals surface area contributed by atoms with Crippen molar-refractivity contribution < 1.29 is 12.8 Å². The standard InChI is InChI=1S/C12H11ClFN3O2S/c1-7-2-3-10(9(14)4-7)17-20(18,19)11-5-8(13)6-16-12(11)15/h2-6,17H,1H3,(H2,15,16). The first-order valence-corrected chi connectivity index (χ1v) is 7.36. The van der Waals surface area contributed by atoms with Crippen LogP contribution in [0.3, 0.4) is 0 Å². The molecule has 2 rings (SSSR count). The van der Waals surface area contributed by atoms with Gasteiger partial charge in [0.2, 0.25) is 0 Å². The fourth-order valence-corrected chi connectivity index (χ4v) is 2.95. The van der Waals surface area contributed by atoms with Gasteiger partial charge in [-0.1, -0.05) is 17.7 Å². The Morgan fingerprint density at radius 1 is 1.35 bits per heavy atom. The topological polar surface area (TPSA) is 85.1 Å². The summed E-state index contributed by atoms with van der Waals surface area (Å²) < 4.78 is 40.1. The number of aromatic nitrogens is 1. The second kappa shape index (κ2) is 5.26. The molecule has 0 atom stereocenters. The Kier molecular flexibility index (Phi) is 3.82. The Bertz CT molecular complexity index is 765. The van der Waals surface area contributed by atoms with Gasteiger partial charge >= 0.3 is 0 Å². The first-order chi connectivity index (χ1) is 9.29. The van der Waals surface area contributed by atoms with Crippen LogP contribution in [0.4, 0.5) is 15.9 Å². The van der Waals surface area contributed by atoms with Crippen LogP contribution in [-0.4, -0.2) is 13.4 Å². The molecule has 1 heterocycles. The highest BCUT2D eigenvalue weighted by molar-refractivity contribution is 7.92. The van der Waals surface area contributed by atoms with Gasteiger partial charge in [0.05, 0.1) is 10.7 Å². The van der Waals surface area contributed by atoms with E-state index < -0.39 is 15.8 Å². The van der Waals surface area contributed by atoms with Crippen molar-refractivity contribution in [2.24, 2.45) is 0 Å². The maximum Gasteiger partial charge on any atom is 0.265 e. The van der Waals surface area contributed by atoms with Gasteiger partial charge in [0.25, 0.3) is 10.0 Å². The van der Waals surface area contributed by atoms with Crippen molar-refractivity contribution in [2.45, 2.75) is 11.8 Å². The first-order valence-electron chi connectivity index (χ1n) is 5.49. The number of hydrogen-bond donors (Lipinski definition) is 2. The van der Waals surface area contributed by atoms with Gasteiger partial charge in [-0.15, -0.1) is 0 Å². The summed E-state index contributed by atoms with van der Waals surface area (Å²) in [5.41, 5.74) is 6.01. The predicted molar refractivity (Wildman–Crippen MR) is 75.6 cm³/mol. The average Bonchev–Trinajstić information content (AvgIpc) is 2.35. The zero-order chi connectivity index (χ0) is 14.9. The van der Waals surface area contributed by atoms with E-state index in [0.29, 0.717) is 5.56 Å². The molecule has 0 fully saturated rings. The van der Waals surface area contributed by atoms with Crippen molar-refractivity contribution in [3.05, 3.63) is 46.9 Å². The molecule has 3 N–H and O–H groups in total. The molecule has 0 unspecified atom stereocenters. The lowest BCUT2D eigenvalue weighted by Crippen LogP contribution is -2.16. The summed E-state index contributed by atoms with van der Waals surface area (Å²) in [5, 5.41) is 0.115. The summed E-state index contributed by atoms with van der Waals surface area (Å²) in [4.78, 5) is 3.36. The lowest BCUT2D eigenvalue weighted by atomic mass is 10.2. The summed E-state index contributed by atoms with van der Waals surface area (Å²) in [6.45, 7) is 1.69. The number of benzene rings is 1. The third kappa shape index (κ3) is 3.00. The van der Waals surface area contributed by atoms with Crippen molar-refractivity contribution >= 4 is 33.1 Å². The minimum atomic E-state index is -4.06. The molecule has 5 nitrogen and oxygen atoms in total. The molecule has 106 valence electrons. The third-order valence-electron chi connectivity index (χ3n) is 2.51. The summed E-state index contributed by atoms with van der Waals surface area (Å²) in [5.74, 6) is -0.892. The fraction of sp³-hybridized carbons (Fsp3) is 0.0833. The highest BCUT2D eigenvalue weighted by atomic mass is 35.5. The van der Waals surface area contributed by atoms with E-state index >= 15 is 0 Å². The van der Waals surface area contributed by atoms with Crippen molar-refractivity contribution in [3.63, 3.8) is 0 Å². The fourth-order valence-electron chi connectivity index (χ4n) is 1.55. The third-order valence-corrected chi connectivity index (χ3v) is 4.11. The van der Waals surface area contributed by atoms with Crippen LogP contribution in [0, 0.1) is 12.7 Å². The molecule has 0 bridgehead atoms. The van der Waals surface area contributed by atoms with Crippen LogP contribution >= 0.6 is 11.6 Å². The summed E-state index contributed by atoms with van der Waals surface area (Å²) in [6.07, 6.45) is 1.22. The first kappa shape index (κ1) is 14.5. The van der Waals surface area contributed by atoms with Gasteiger partial charge in [-0.25, -0.2) is 17.8 Å². The lowest BCUT2D eigenvalue weighted by Gasteiger charge is -2.10. The Morgan fingerprint density at radius 2 is 2.05 bits per heavy atom. The number of nitrogen functional groups attached to an aromatic ring is 1. The Hall–Kier alpha value is -1.86. The zero-order valence-electron chi connectivity index (χ0n) is 10.4. The minimum absolute atomic E-state index is 0.115. The van der Waals surface area contributed by atoms with E-state index in [2.05, 4.69) is 9.71 Å². The zero-order valence-corrected chi connectivity index (χ0v) is 12.0. The maximum absolute atomic E-state index is 13.7. The number of aryl methyl sites for hydroxylation is 1. The molecule has 8 heteroatoms. The summed E-state index contributed by atoms with van der Waals surface area (Å²) in [6, 6.07) is 5.28. The largest absolute Gasteiger partial charge is 0.383 e. The van der Waals surface area contributed by atoms with Crippen LogP contribution < -0.4 is 10.5 Å². The molecular weight excluding hydrogens is 305 g/mol. The number of pyridine rings is 1. The van der Waals surface area contributed by atoms with Gasteiger partial charge < -0.3 is 5.73 Å². The molecule has 0 amide bonds.